The molecule has 0 bridgehead atoms. The average Bonchev–Trinajstić information content (AvgIpc) is 3.13. The Morgan fingerprint density at radius 2 is 1.79 bits per heavy atom. The van der Waals surface area contributed by atoms with Gasteiger partial charge in [0.25, 0.3) is 0 Å². The van der Waals surface area contributed by atoms with Crippen LogP contribution in [0.2, 0.25) is 0 Å². The quantitative estimate of drug-likeness (QED) is 0.494. The van der Waals surface area contributed by atoms with E-state index in [0.717, 1.165) is 21.8 Å². The van der Waals surface area contributed by atoms with Gasteiger partial charge in [0, 0.05) is 5.69 Å². The lowest BCUT2D eigenvalue weighted by atomic mass is 10.2. The highest BCUT2D eigenvalue weighted by atomic mass is 32.1. The molecule has 2 aromatic heterocycles. The molecule has 0 radical (unpaired) electrons. The van der Waals surface area contributed by atoms with Gasteiger partial charge in [0.1, 0.15) is 10.8 Å². The summed E-state index contributed by atoms with van der Waals surface area (Å²) in [6.45, 7) is 4.70. The number of nitrogens with one attached hydrogen (secondary N) is 1. The maximum atomic E-state index is 5.93. The smallest absolute Gasteiger partial charge is 0.232 e. The number of thiazole rings is 1. The largest absolute Gasteiger partial charge is 0.368 e. The standard InChI is InChI=1S/C21H23N7S/c1-13-8-4-5-9-15(13)24-21-26-18(25-20(22)27-21)12-28(3)14(2)19-23-16-10-6-7-11-17(16)29-19/h4-11,14H,12H2,1-3H3,(H3,22,24,25,26,27)/t14-/m0/s1. The van der Waals surface area contributed by atoms with E-state index in [0.29, 0.717) is 18.3 Å². The summed E-state index contributed by atoms with van der Waals surface area (Å²) < 4.78 is 1.19. The normalized spacial score (nSPS) is 12.4. The predicted octanol–water partition coefficient (Wildman–Crippen LogP) is 4.31. The number of fused-ring (bicyclic) bond motifs is 1. The number of aryl methyl sites for hydroxylation is 1. The third-order valence-corrected chi connectivity index (χ3v) is 6.02. The van der Waals surface area contributed by atoms with Crippen molar-refractivity contribution in [1.29, 1.82) is 0 Å². The fourth-order valence-corrected chi connectivity index (χ4v) is 4.10. The van der Waals surface area contributed by atoms with Gasteiger partial charge < -0.3 is 11.1 Å². The van der Waals surface area contributed by atoms with Crippen LogP contribution in [0.4, 0.5) is 17.6 Å². The predicted molar refractivity (Wildman–Crippen MR) is 118 cm³/mol. The van der Waals surface area contributed by atoms with E-state index < -0.39 is 0 Å². The van der Waals surface area contributed by atoms with Crippen LogP contribution >= 0.6 is 11.3 Å². The molecule has 3 N–H and O–H groups in total. The van der Waals surface area contributed by atoms with Crippen LogP contribution in [0.5, 0.6) is 0 Å². The lowest BCUT2D eigenvalue weighted by molar-refractivity contribution is 0.246. The van der Waals surface area contributed by atoms with Gasteiger partial charge in [-0.25, -0.2) is 4.98 Å². The van der Waals surface area contributed by atoms with E-state index in [1.165, 1.54) is 4.70 Å². The Balaban J connectivity index is 1.52. The van der Waals surface area contributed by atoms with Crippen LogP contribution in [0, 0.1) is 6.92 Å². The first kappa shape index (κ1) is 19.2. The first-order valence-corrected chi connectivity index (χ1v) is 10.2. The van der Waals surface area contributed by atoms with E-state index in [4.69, 9.17) is 10.7 Å². The molecule has 1 atom stereocenters. The molecule has 2 aromatic carbocycles. The Labute approximate surface area is 173 Å². The number of nitrogen functional groups attached to an aromatic ring is 1. The van der Waals surface area contributed by atoms with Crippen molar-refractivity contribution in [3.8, 4) is 0 Å². The van der Waals surface area contributed by atoms with E-state index in [1.807, 2.05) is 56.4 Å². The first-order valence-electron chi connectivity index (χ1n) is 9.38. The van der Waals surface area contributed by atoms with Crippen molar-refractivity contribution >= 4 is 39.1 Å². The minimum absolute atomic E-state index is 0.123. The van der Waals surface area contributed by atoms with Gasteiger partial charge in [0.2, 0.25) is 11.9 Å². The van der Waals surface area contributed by atoms with E-state index >= 15 is 0 Å². The van der Waals surface area contributed by atoms with E-state index in [9.17, 15) is 0 Å². The third kappa shape index (κ3) is 4.33. The van der Waals surface area contributed by atoms with Gasteiger partial charge >= 0.3 is 0 Å². The van der Waals surface area contributed by atoms with Gasteiger partial charge in [-0.2, -0.15) is 15.0 Å². The lowest BCUT2D eigenvalue weighted by Gasteiger charge is -2.22. The van der Waals surface area contributed by atoms with Crippen molar-refractivity contribution < 1.29 is 0 Å². The molecule has 0 saturated carbocycles. The van der Waals surface area contributed by atoms with Crippen LogP contribution in [-0.2, 0) is 6.54 Å². The summed E-state index contributed by atoms with van der Waals surface area (Å²) in [6, 6.07) is 16.3. The Morgan fingerprint density at radius 1 is 1.03 bits per heavy atom. The summed E-state index contributed by atoms with van der Waals surface area (Å²) in [5.41, 5.74) is 9.01. The molecule has 4 rings (SSSR count). The Bertz CT molecular complexity index is 1110. The number of benzene rings is 2. The zero-order valence-electron chi connectivity index (χ0n) is 16.6. The Morgan fingerprint density at radius 3 is 2.59 bits per heavy atom. The maximum absolute atomic E-state index is 5.93. The van der Waals surface area contributed by atoms with Gasteiger partial charge in [-0.3, -0.25) is 4.90 Å². The second-order valence-corrected chi connectivity index (χ2v) is 8.05. The molecule has 0 aliphatic rings. The zero-order chi connectivity index (χ0) is 20.4. The lowest BCUT2D eigenvalue weighted by Crippen LogP contribution is -2.23. The average molecular weight is 406 g/mol. The molecular weight excluding hydrogens is 382 g/mol. The van der Waals surface area contributed by atoms with Crippen molar-refractivity contribution in [2.75, 3.05) is 18.1 Å². The fraction of sp³-hybridized carbons (Fsp3) is 0.238. The van der Waals surface area contributed by atoms with Crippen LogP contribution in [0.1, 0.15) is 29.4 Å². The van der Waals surface area contributed by atoms with Crippen molar-refractivity contribution in [3.63, 3.8) is 0 Å². The summed E-state index contributed by atoms with van der Waals surface area (Å²) >= 11 is 1.71. The van der Waals surface area contributed by atoms with E-state index in [1.54, 1.807) is 11.3 Å². The number of anilines is 3. The number of hydrogen-bond acceptors (Lipinski definition) is 8. The molecule has 0 spiro atoms. The second kappa shape index (κ2) is 8.10. The van der Waals surface area contributed by atoms with Gasteiger partial charge in [-0.1, -0.05) is 30.3 Å². The molecular formula is C21H23N7S. The van der Waals surface area contributed by atoms with Gasteiger partial charge in [-0.05, 0) is 44.7 Å². The number of nitrogens with zero attached hydrogens (tertiary/aromatic N) is 5. The van der Waals surface area contributed by atoms with Crippen LogP contribution < -0.4 is 11.1 Å². The summed E-state index contributed by atoms with van der Waals surface area (Å²) in [4.78, 5) is 20.0. The molecule has 29 heavy (non-hydrogen) atoms. The van der Waals surface area contributed by atoms with E-state index in [-0.39, 0.29) is 12.0 Å². The Hall–Kier alpha value is -3.10. The summed E-state index contributed by atoms with van der Waals surface area (Å²) in [6.07, 6.45) is 0. The summed E-state index contributed by atoms with van der Waals surface area (Å²) in [5.74, 6) is 1.26. The number of rotatable bonds is 6. The van der Waals surface area contributed by atoms with Crippen molar-refractivity contribution in [2.45, 2.75) is 26.4 Å². The number of nitrogens with two attached hydrogens (primary N) is 1. The molecule has 0 aliphatic carbocycles. The summed E-state index contributed by atoms with van der Waals surface area (Å²) in [5, 5.41) is 4.30. The first-order chi connectivity index (χ1) is 14.0. The SMILES string of the molecule is Cc1ccccc1Nc1nc(N)nc(CN(C)[C@@H](C)c2nc3ccccc3s2)n1. The highest BCUT2D eigenvalue weighted by Gasteiger charge is 2.18. The maximum Gasteiger partial charge on any atom is 0.232 e. The number of aromatic nitrogens is 4. The molecule has 148 valence electrons. The number of hydrogen-bond donors (Lipinski definition) is 2. The van der Waals surface area contributed by atoms with Gasteiger partial charge in [-0.15, -0.1) is 11.3 Å². The fourth-order valence-electron chi connectivity index (χ4n) is 3.02. The molecule has 0 saturated heterocycles. The molecule has 7 nitrogen and oxygen atoms in total. The Kier molecular flexibility index (Phi) is 5.37. The minimum Gasteiger partial charge on any atom is -0.368 e. The minimum atomic E-state index is 0.123. The highest BCUT2D eigenvalue weighted by Crippen LogP contribution is 2.29. The monoisotopic (exact) mass is 405 g/mol. The molecule has 0 aliphatic heterocycles. The van der Waals surface area contributed by atoms with Crippen LogP contribution in [0.15, 0.2) is 48.5 Å². The molecule has 4 aromatic rings. The zero-order valence-corrected chi connectivity index (χ0v) is 17.4. The van der Waals surface area contributed by atoms with Crippen molar-refractivity contribution in [3.05, 3.63) is 64.9 Å². The molecule has 0 fully saturated rings. The second-order valence-electron chi connectivity index (χ2n) is 6.98. The van der Waals surface area contributed by atoms with Crippen LogP contribution in [-0.4, -0.2) is 31.9 Å². The number of para-hydroxylation sites is 2. The van der Waals surface area contributed by atoms with Gasteiger partial charge in [0.05, 0.1) is 22.8 Å². The molecule has 8 heteroatoms. The van der Waals surface area contributed by atoms with Crippen molar-refractivity contribution in [2.24, 2.45) is 0 Å². The topological polar surface area (TPSA) is 92.8 Å². The van der Waals surface area contributed by atoms with Crippen molar-refractivity contribution in [1.82, 2.24) is 24.8 Å². The van der Waals surface area contributed by atoms with Gasteiger partial charge in [0.15, 0.2) is 0 Å². The van der Waals surface area contributed by atoms with E-state index in [2.05, 4.69) is 38.2 Å². The van der Waals surface area contributed by atoms with Crippen LogP contribution in [0.25, 0.3) is 10.2 Å². The van der Waals surface area contributed by atoms with Crippen LogP contribution in [0.3, 0.4) is 0 Å². The highest BCUT2D eigenvalue weighted by molar-refractivity contribution is 7.18. The third-order valence-electron chi connectivity index (χ3n) is 4.81. The summed E-state index contributed by atoms with van der Waals surface area (Å²) in [7, 11) is 2.03. The molecule has 0 amide bonds. The molecule has 0 unspecified atom stereocenters. The molecule has 2 heterocycles.